The third kappa shape index (κ3) is 2.37. The van der Waals surface area contributed by atoms with E-state index in [1.165, 1.54) is 5.56 Å². The van der Waals surface area contributed by atoms with E-state index in [4.69, 9.17) is 0 Å². The van der Waals surface area contributed by atoms with Crippen molar-refractivity contribution in [3.05, 3.63) is 76.9 Å². The summed E-state index contributed by atoms with van der Waals surface area (Å²) >= 11 is 0. The van der Waals surface area contributed by atoms with Gasteiger partial charge in [-0.25, -0.2) is 4.79 Å². The van der Waals surface area contributed by atoms with Gasteiger partial charge in [-0.05, 0) is 53.7 Å². The Balaban J connectivity index is 2.16. The zero-order valence-corrected chi connectivity index (χ0v) is 11.2. The molecule has 0 saturated heterocycles. The standard InChI is InChI=1S/C18H16O2/c19-18(20)15-11-10-14-8-4-5-9-16(17(14)12-15)13-6-2-1-3-7-13/h1-3,6-7,9-12H,4-5,8H2,(H,19,20). The summed E-state index contributed by atoms with van der Waals surface area (Å²) in [4.78, 5) is 11.2. The number of hydrogen-bond donors (Lipinski definition) is 1. The Hall–Kier alpha value is -2.35. The van der Waals surface area contributed by atoms with Crippen molar-refractivity contribution in [2.45, 2.75) is 19.3 Å². The maximum Gasteiger partial charge on any atom is 0.335 e. The summed E-state index contributed by atoms with van der Waals surface area (Å²) in [6.45, 7) is 0. The van der Waals surface area contributed by atoms with Gasteiger partial charge >= 0.3 is 5.97 Å². The molecule has 0 heterocycles. The fourth-order valence-electron chi connectivity index (χ4n) is 2.72. The largest absolute Gasteiger partial charge is 0.478 e. The molecule has 0 atom stereocenters. The Bertz CT molecular complexity index is 669. The number of carbonyl (C=O) groups is 1. The topological polar surface area (TPSA) is 37.3 Å². The zero-order chi connectivity index (χ0) is 13.9. The number of benzene rings is 2. The summed E-state index contributed by atoms with van der Waals surface area (Å²) < 4.78 is 0. The third-order valence-corrected chi connectivity index (χ3v) is 3.73. The van der Waals surface area contributed by atoms with Gasteiger partial charge in [0.25, 0.3) is 0 Å². The molecule has 1 aliphatic rings. The van der Waals surface area contributed by atoms with E-state index < -0.39 is 5.97 Å². The second-order valence-corrected chi connectivity index (χ2v) is 5.05. The molecule has 0 radical (unpaired) electrons. The Morgan fingerprint density at radius 3 is 2.60 bits per heavy atom. The molecule has 0 bridgehead atoms. The molecule has 100 valence electrons. The minimum Gasteiger partial charge on any atom is -0.478 e. The minimum atomic E-state index is -0.871. The summed E-state index contributed by atoms with van der Waals surface area (Å²) in [5.41, 5.74) is 4.96. The summed E-state index contributed by atoms with van der Waals surface area (Å²) in [5.74, 6) is -0.871. The Labute approximate surface area is 118 Å². The van der Waals surface area contributed by atoms with Crippen molar-refractivity contribution in [2.75, 3.05) is 0 Å². The lowest BCUT2D eigenvalue weighted by Gasteiger charge is -2.12. The van der Waals surface area contributed by atoms with E-state index in [-0.39, 0.29) is 0 Å². The van der Waals surface area contributed by atoms with Crippen LogP contribution in [0.15, 0.2) is 54.6 Å². The van der Waals surface area contributed by atoms with Crippen molar-refractivity contribution in [3.8, 4) is 0 Å². The number of aryl methyl sites for hydroxylation is 1. The van der Waals surface area contributed by atoms with Crippen LogP contribution in [0.4, 0.5) is 0 Å². The zero-order valence-electron chi connectivity index (χ0n) is 11.2. The van der Waals surface area contributed by atoms with E-state index >= 15 is 0 Å². The summed E-state index contributed by atoms with van der Waals surface area (Å²) in [7, 11) is 0. The fourth-order valence-corrected chi connectivity index (χ4v) is 2.72. The fraction of sp³-hybridized carbons (Fsp3) is 0.167. The first-order valence-electron chi connectivity index (χ1n) is 6.88. The van der Waals surface area contributed by atoms with Gasteiger partial charge in [0, 0.05) is 0 Å². The monoisotopic (exact) mass is 264 g/mol. The minimum absolute atomic E-state index is 0.354. The van der Waals surface area contributed by atoms with Gasteiger partial charge < -0.3 is 5.11 Å². The van der Waals surface area contributed by atoms with Crippen LogP contribution in [0.2, 0.25) is 0 Å². The molecule has 2 heteroatoms. The number of carboxylic acids is 1. The van der Waals surface area contributed by atoms with Gasteiger partial charge in [-0.15, -0.1) is 0 Å². The van der Waals surface area contributed by atoms with E-state index in [2.05, 4.69) is 18.2 Å². The first-order valence-corrected chi connectivity index (χ1v) is 6.88. The predicted octanol–water partition coefficient (Wildman–Crippen LogP) is 4.15. The molecule has 0 unspecified atom stereocenters. The second kappa shape index (κ2) is 5.33. The van der Waals surface area contributed by atoms with Gasteiger partial charge in [0.15, 0.2) is 0 Å². The maximum atomic E-state index is 11.2. The molecule has 0 amide bonds. The molecule has 1 N–H and O–H groups in total. The van der Waals surface area contributed by atoms with Gasteiger partial charge in [-0.3, -0.25) is 0 Å². The van der Waals surface area contributed by atoms with Gasteiger partial charge in [-0.1, -0.05) is 42.5 Å². The molecule has 20 heavy (non-hydrogen) atoms. The Kier molecular flexibility index (Phi) is 3.38. The Morgan fingerprint density at radius 2 is 1.85 bits per heavy atom. The van der Waals surface area contributed by atoms with Crippen LogP contribution < -0.4 is 0 Å². The molecule has 0 aromatic heterocycles. The quantitative estimate of drug-likeness (QED) is 0.884. The molecule has 0 aliphatic heterocycles. The van der Waals surface area contributed by atoms with Gasteiger partial charge in [0.1, 0.15) is 0 Å². The lowest BCUT2D eigenvalue weighted by Crippen LogP contribution is -2.00. The van der Waals surface area contributed by atoms with Crippen molar-refractivity contribution in [2.24, 2.45) is 0 Å². The van der Waals surface area contributed by atoms with Crippen LogP contribution in [0, 0.1) is 0 Å². The van der Waals surface area contributed by atoms with E-state index in [9.17, 15) is 9.90 Å². The summed E-state index contributed by atoms with van der Waals surface area (Å²) in [5, 5.41) is 9.19. The van der Waals surface area contributed by atoms with Crippen molar-refractivity contribution >= 4 is 11.5 Å². The first-order chi connectivity index (χ1) is 9.75. The van der Waals surface area contributed by atoms with Gasteiger partial charge in [0.2, 0.25) is 0 Å². The van der Waals surface area contributed by atoms with Crippen molar-refractivity contribution < 1.29 is 9.90 Å². The highest BCUT2D eigenvalue weighted by Gasteiger charge is 2.15. The first kappa shape index (κ1) is 12.7. The molecule has 0 spiro atoms. The molecular weight excluding hydrogens is 248 g/mol. The van der Waals surface area contributed by atoms with Crippen LogP contribution in [-0.4, -0.2) is 11.1 Å². The number of hydrogen-bond acceptors (Lipinski definition) is 1. The van der Waals surface area contributed by atoms with Crippen LogP contribution >= 0.6 is 0 Å². The maximum absolute atomic E-state index is 11.2. The third-order valence-electron chi connectivity index (χ3n) is 3.73. The molecule has 3 rings (SSSR count). The lowest BCUT2D eigenvalue weighted by molar-refractivity contribution is 0.0697. The average molecular weight is 264 g/mol. The van der Waals surface area contributed by atoms with Gasteiger partial charge in [-0.2, -0.15) is 0 Å². The molecule has 0 fully saturated rings. The van der Waals surface area contributed by atoms with Crippen LogP contribution in [0.1, 0.15) is 39.9 Å². The molecule has 2 aromatic rings. The van der Waals surface area contributed by atoms with Crippen molar-refractivity contribution in [1.82, 2.24) is 0 Å². The number of allylic oxidation sites excluding steroid dienone is 1. The predicted molar refractivity (Wildman–Crippen MR) is 79.9 cm³/mol. The number of aromatic carboxylic acids is 1. The molecule has 2 nitrogen and oxygen atoms in total. The number of rotatable bonds is 2. The summed E-state index contributed by atoms with van der Waals surface area (Å²) in [6.07, 6.45) is 5.37. The number of fused-ring (bicyclic) bond motifs is 1. The van der Waals surface area contributed by atoms with E-state index in [1.807, 2.05) is 30.3 Å². The van der Waals surface area contributed by atoms with Crippen molar-refractivity contribution in [1.29, 1.82) is 0 Å². The summed E-state index contributed by atoms with van der Waals surface area (Å²) in [6, 6.07) is 15.7. The molecule has 0 saturated carbocycles. The van der Waals surface area contributed by atoms with E-state index in [0.29, 0.717) is 5.56 Å². The highest BCUT2D eigenvalue weighted by atomic mass is 16.4. The molecule has 2 aromatic carbocycles. The normalized spacial score (nSPS) is 14.1. The lowest BCUT2D eigenvalue weighted by atomic mass is 9.92. The highest BCUT2D eigenvalue weighted by Crippen LogP contribution is 2.31. The molecule has 1 aliphatic carbocycles. The average Bonchev–Trinajstić information content (AvgIpc) is 2.69. The van der Waals surface area contributed by atoms with Crippen molar-refractivity contribution in [3.63, 3.8) is 0 Å². The Morgan fingerprint density at radius 1 is 1.05 bits per heavy atom. The SMILES string of the molecule is O=C(O)c1ccc2c(c1)C(c1ccccc1)=CCCC2. The van der Waals surface area contributed by atoms with Gasteiger partial charge in [0.05, 0.1) is 5.56 Å². The van der Waals surface area contributed by atoms with Crippen LogP contribution in [-0.2, 0) is 6.42 Å². The smallest absolute Gasteiger partial charge is 0.335 e. The van der Waals surface area contributed by atoms with Crippen LogP contribution in [0.25, 0.3) is 5.57 Å². The van der Waals surface area contributed by atoms with E-state index in [0.717, 1.165) is 36.0 Å². The number of carboxylic acid groups (broad SMARTS) is 1. The van der Waals surface area contributed by atoms with Crippen LogP contribution in [0.3, 0.4) is 0 Å². The van der Waals surface area contributed by atoms with E-state index in [1.54, 1.807) is 6.07 Å². The second-order valence-electron chi connectivity index (χ2n) is 5.05. The highest BCUT2D eigenvalue weighted by molar-refractivity contribution is 5.91. The molecular formula is C18H16O2. The van der Waals surface area contributed by atoms with Crippen LogP contribution in [0.5, 0.6) is 0 Å².